The molecule has 20 heteroatoms. The number of methoxy groups -OCH3 is 4. The molecule has 0 bridgehead atoms. The van der Waals surface area contributed by atoms with Crippen molar-refractivity contribution in [1.29, 1.82) is 0 Å². The molecule has 0 aliphatic carbocycles. The van der Waals surface area contributed by atoms with Crippen LogP contribution in [0.5, 0.6) is 0 Å². The molecule has 0 N–H and O–H groups in total. The van der Waals surface area contributed by atoms with Crippen molar-refractivity contribution in [3.63, 3.8) is 0 Å². The van der Waals surface area contributed by atoms with Crippen molar-refractivity contribution in [1.82, 2.24) is 0 Å². The SMILES string of the molecule is COC[C@H]1O[C@@H](C)[C@@H](C)C1OP(=O)([O-])OC[C@H]1O[C@@H](C)[C@@H](C)C1OC.[B]C1CC(OC)C(COP(=O)([O-])OC[C@H]2O[C@@H]([B])CC2OC)O1. The van der Waals surface area contributed by atoms with Gasteiger partial charge < -0.3 is 65.8 Å². The van der Waals surface area contributed by atoms with E-state index in [0.29, 0.717) is 12.8 Å². The van der Waals surface area contributed by atoms with E-state index in [4.69, 9.17) is 71.7 Å². The predicted octanol–water partition coefficient (Wildman–Crippen LogP) is 0.450. The highest BCUT2D eigenvalue weighted by Gasteiger charge is 2.44. The number of hydrogen-bond donors (Lipinski definition) is 0. The van der Waals surface area contributed by atoms with E-state index >= 15 is 0 Å². The minimum absolute atomic E-state index is 0.0271. The Morgan fingerprint density at radius 1 is 0.604 bits per heavy atom. The van der Waals surface area contributed by atoms with Crippen molar-refractivity contribution in [2.24, 2.45) is 11.8 Å². The van der Waals surface area contributed by atoms with E-state index in [2.05, 4.69) is 0 Å². The summed E-state index contributed by atoms with van der Waals surface area (Å²) in [7, 11) is 8.35. The highest BCUT2D eigenvalue weighted by molar-refractivity contribution is 7.46. The molecule has 4 rings (SSSR count). The van der Waals surface area contributed by atoms with Gasteiger partial charge in [0.15, 0.2) is 0 Å². The first-order chi connectivity index (χ1) is 22.5. The molecule has 4 radical (unpaired) electrons. The Balaban J connectivity index is 0.000000261. The highest BCUT2D eigenvalue weighted by atomic mass is 31.2. The van der Waals surface area contributed by atoms with E-state index in [9.17, 15) is 18.9 Å². The van der Waals surface area contributed by atoms with E-state index in [0.717, 1.165) is 0 Å². The summed E-state index contributed by atoms with van der Waals surface area (Å²) in [4.78, 5) is 24.1. The molecule has 0 spiro atoms. The molecular weight excluding hydrogens is 676 g/mol. The Bertz CT molecular complexity index is 1030. The Kier molecular flexibility index (Phi) is 17.0. The lowest BCUT2D eigenvalue weighted by Crippen LogP contribution is -2.35. The highest BCUT2D eigenvalue weighted by Crippen LogP contribution is 2.46. The number of ether oxygens (including phenoxy) is 8. The first kappa shape index (κ1) is 42.4. The van der Waals surface area contributed by atoms with E-state index in [-0.39, 0.29) is 68.8 Å². The van der Waals surface area contributed by atoms with Crippen LogP contribution in [0.1, 0.15) is 40.5 Å². The molecule has 16 nitrogen and oxygen atoms in total. The van der Waals surface area contributed by atoms with E-state index in [1.165, 1.54) is 21.3 Å². The van der Waals surface area contributed by atoms with Gasteiger partial charge in [0.05, 0.1) is 63.1 Å². The summed E-state index contributed by atoms with van der Waals surface area (Å²) in [6, 6.07) is -1.01. The van der Waals surface area contributed by atoms with Gasteiger partial charge in [0.1, 0.15) is 40.1 Å². The summed E-state index contributed by atoms with van der Waals surface area (Å²) in [5.74, 6) is 0.0567. The fourth-order valence-corrected chi connectivity index (χ4v) is 7.88. The summed E-state index contributed by atoms with van der Waals surface area (Å²) in [6.45, 7) is 7.35. The van der Waals surface area contributed by atoms with Gasteiger partial charge in [-0.15, -0.1) is 0 Å². The standard InChI is InChI=1S/C16H31O8P.C12H21B2O8P/c1-9-11(3)23-14(15(9)20-6)8-21-25(17,18)24-16-10(2)12(4)22-13(16)7-19-5;1-17-7-3-11(13)21-9(7)5-19-23(15,16)20-6-10-8(18-2)4-12(14)22-10/h9-16H,7-8H2,1-6H3,(H,17,18);7-12H,3-6H2,1-2H3,(H,15,16)/p-2/t9-,10-,11+,12+,13-,14-,15?,16?;7?,8?,9-,10?,11-,12?/m11/s1. The van der Waals surface area contributed by atoms with Crippen molar-refractivity contribution in [2.75, 3.05) is 54.9 Å². The molecule has 0 saturated carbocycles. The predicted molar refractivity (Wildman–Crippen MR) is 167 cm³/mol. The third-order valence-corrected chi connectivity index (χ3v) is 11.0. The van der Waals surface area contributed by atoms with Crippen molar-refractivity contribution in [3.8, 4) is 0 Å². The molecule has 4 saturated heterocycles. The Morgan fingerprint density at radius 2 is 1.02 bits per heavy atom. The molecule has 4 aliphatic heterocycles. The van der Waals surface area contributed by atoms with Crippen LogP contribution in [0.2, 0.25) is 0 Å². The number of phosphoric acid groups is 2. The molecule has 8 unspecified atom stereocenters. The van der Waals surface area contributed by atoms with Crippen LogP contribution in [0.3, 0.4) is 0 Å². The van der Waals surface area contributed by atoms with E-state index < -0.39 is 58.2 Å². The summed E-state index contributed by atoms with van der Waals surface area (Å²) in [6.07, 6.45) is -2.74. The van der Waals surface area contributed by atoms with Gasteiger partial charge in [0.2, 0.25) is 0 Å². The summed E-state index contributed by atoms with van der Waals surface area (Å²) >= 11 is 0. The van der Waals surface area contributed by atoms with Crippen LogP contribution in [-0.4, -0.2) is 144 Å². The average Bonchev–Trinajstić information content (AvgIpc) is 3.74. The number of hydrogen-bond acceptors (Lipinski definition) is 16. The maximum absolute atomic E-state index is 12.3. The summed E-state index contributed by atoms with van der Waals surface area (Å²) in [5.41, 5.74) is 0. The fraction of sp³-hybridized carbons (Fsp3) is 1.00. The first-order valence-electron chi connectivity index (χ1n) is 16.0. The third kappa shape index (κ3) is 12.0. The Labute approximate surface area is 286 Å². The van der Waals surface area contributed by atoms with Gasteiger partial charge in [0.25, 0.3) is 15.6 Å². The molecule has 0 aromatic heterocycles. The molecule has 4 fully saturated rings. The van der Waals surface area contributed by atoms with Crippen LogP contribution >= 0.6 is 15.6 Å². The lowest BCUT2D eigenvalue weighted by atomic mass is 9.96. The maximum atomic E-state index is 12.3. The van der Waals surface area contributed by atoms with Crippen molar-refractivity contribution >= 4 is 31.3 Å². The van der Waals surface area contributed by atoms with E-state index in [1.807, 2.05) is 27.7 Å². The van der Waals surface area contributed by atoms with Crippen molar-refractivity contribution in [3.05, 3.63) is 0 Å². The normalized spacial score (nSPS) is 42.3. The molecular formula is C28H50B2O16P2-2. The third-order valence-electron chi connectivity index (χ3n) is 9.14. The van der Waals surface area contributed by atoms with Gasteiger partial charge in [0, 0.05) is 52.3 Å². The quantitative estimate of drug-likeness (QED) is 0.157. The van der Waals surface area contributed by atoms with Crippen molar-refractivity contribution in [2.45, 2.75) is 114 Å². The van der Waals surface area contributed by atoms with Gasteiger partial charge in [-0.2, -0.15) is 0 Å². The second-order valence-corrected chi connectivity index (χ2v) is 15.2. The molecule has 0 aromatic rings. The van der Waals surface area contributed by atoms with Crippen LogP contribution < -0.4 is 9.79 Å². The topological polar surface area (TPSA) is 191 Å². The molecule has 4 aliphatic rings. The largest absolute Gasteiger partial charge is 0.756 e. The van der Waals surface area contributed by atoms with Crippen LogP contribution in [0.4, 0.5) is 0 Å². The van der Waals surface area contributed by atoms with E-state index in [1.54, 1.807) is 7.11 Å². The van der Waals surface area contributed by atoms with Crippen molar-refractivity contribution < 1.29 is 74.9 Å². The smallest absolute Gasteiger partial charge is 0.268 e. The monoisotopic (exact) mass is 726 g/mol. The summed E-state index contributed by atoms with van der Waals surface area (Å²) in [5, 5.41) is 0. The summed E-state index contributed by atoms with van der Waals surface area (Å²) < 4.78 is 87.1. The molecule has 4 heterocycles. The first-order valence-corrected chi connectivity index (χ1v) is 18.9. The molecule has 0 aromatic carbocycles. The number of phosphoric ester groups is 2. The zero-order valence-electron chi connectivity index (χ0n) is 28.9. The van der Waals surface area contributed by atoms with Gasteiger partial charge in [-0.05, 0) is 26.7 Å². The Morgan fingerprint density at radius 3 is 1.46 bits per heavy atom. The molecule has 0 amide bonds. The van der Waals surface area contributed by atoms with Gasteiger partial charge >= 0.3 is 0 Å². The van der Waals surface area contributed by atoms with Gasteiger partial charge in [-0.3, -0.25) is 9.13 Å². The lowest BCUT2D eigenvalue weighted by Gasteiger charge is -2.31. The van der Waals surface area contributed by atoms with Gasteiger partial charge in [-0.1, -0.05) is 13.8 Å². The lowest BCUT2D eigenvalue weighted by molar-refractivity contribution is -0.235. The fourth-order valence-electron chi connectivity index (χ4n) is 6.13. The minimum Gasteiger partial charge on any atom is -0.756 e. The second-order valence-electron chi connectivity index (χ2n) is 12.4. The van der Waals surface area contributed by atoms with Crippen LogP contribution in [0, 0.1) is 11.8 Å². The zero-order valence-corrected chi connectivity index (χ0v) is 30.7. The average molecular weight is 726 g/mol. The maximum Gasteiger partial charge on any atom is 0.268 e. The second kappa shape index (κ2) is 19.2. The zero-order chi connectivity index (χ0) is 35.8. The molecule has 276 valence electrons. The Hall–Kier alpha value is 0.0299. The van der Waals surface area contributed by atoms with Crippen LogP contribution in [-0.2, 0) is 65.1 Å². The molecule has 48 heavy (non-hydrogen) atoms. The minimum atomic E-state index is -4.52. The van der Waals surface area contributed by atoms with Gasteiger partial charge in [-0.25, -0.2) is 0 Å². The number of rotatable bonds is 16. The molecule has 16 atom stereocenters. The van der Waals surface area contributed by atoms with Crippen LogP contribution in [0.25, 0.3) is 0 Å². The van der Waals surface area contributed by atoms with Crippen LogP contribution in [0.15, 0.2) is 0 Å².